The largest absolute Gasteiger partial charge is 0.422 e. The molecule has 4 nitrogen and oxygen atoms in total. The van der Waals surface area contributed by atoms with Crippen molar-refractivity contribution in [1.29, 1.82) is 0 Å². The van der Waals surface area contributed by atoms with E-state index in [-0.39, 0.29) is 5.82 Å². The standard InChI is InChI=1S/C19H15FN2O2/c20-14-8-10-16(11-9-14)24-19(23)18-12-17(13-6-7-13)21-22(18)15-4-2-1-3-5-15/h1-5,8-13H,6-7H2. The molecule has 0 spiro atoms. The molecule has 2 aromatic carbocycles. The number of halogens is 1. The van der Waals surface area contributed by atoms with Crippen LogP contribution in [0, 0.1) is 5.82 Å². The fraction of sp³-hybridized carbons (Fsp3) is 0.158. The number of nitrogens with zero attached hydrogens (tertiary/aromatic N) is 2. The Bertz CT molecular complexity index is 868. The molecule has 1 saturated carbocycles. The Kier molecular flexibility index (Phi) is 3.61. The van der Waals surface area contributed by atoms with Crippen molar-refractivity contribution in [3.05, 3.63) is 77.9 Å². The minimum atomic E-state index is -0.509. The molecule has 1 aliphatic carbocycles. The number of para-hydroxylation sites is 1. The molecule has 120 valence electrons. The third-order valence-corrected chi connectivity index (χ3v) is 3.96. The van der Waals surface area contributed by atoms with Crippen molar-refractivity contribution in [3.63, 3.8) is 0 Å². The maximum atomic E-state index is 13.0. The highest BCUT2D eigenvalue weighted by Gasteiger charge is 2.29. The van der Waals surface area contributed by atoms with Crippen LogP contribution in [0.5, 0.6) is 5.75 Å². The van der Waals surface area contributed by atoms with E-state index in [1.54, 1.807) is 10.7 Å². The van der Waals surface area contributed by atoms with Gasteiger partial charge in [-0.15, -0.1) is 0 Å². The van der Waals surface area contributed by atoms with Crippen LogP contribution in [-0.4, -0.2) is 15.7 Å². The Morgan fingerprint density at radius 3 is 2.46 bits per heavy atom. The first-order chi connectivity index (χ1) is 11.7. The van der Waals surface area contributed by atoms with Crippen LogP contribution in [-0.2, 0) is 0 Å². The average molecular weight is 322 g/mol. The van der Waals surface area contributed by atoms with E-state index < -0.39 is 5.97 Å². The third kappa shape index (κ3) is 2.93. The zero-order valence-corrected chi connectivity index (χ0v) is 12.9. The Hall–Kier alpha value is -2.95. The number of esters is 1. The molecule has 5 heteroatoms. The lowest BCUT2D eigenvalue weighted by molar-refractivity contribution is 0.0725. The zero-order valence-electron chi connectivity index (χ0n) is 12.9. The zero-order chi connectivity index (χ0) is 16.5. The van der Waals surface area contributed by atoms with Gasteiger partial charge in [0.2, 0.25) is 0 Å². The summed E-state index contributed by atoms with van der Waals surface area (Å²) in [6.07, 6.45) is 2.19. The van der Waals surface area contributed by atoms with E-state index in [0.717, 1.165) is 24.2 Å². The Labute approximate surface area is 138 Å². The molecule has 24 heavy (non-hydrogen) atoms. The number of benzene rings is 2. The number of hydrogen-bond donors (Lipinski definition) is 0. The highest BCUT2D eigenvalue weighted by Crippen LogP contribution is 2.39. The van der Waals surface area contributed by atoms with Gasteiger partial charge in [-0.2, -0.15) is 5.10 Å². The summed E-state index contributed by atoms with van der Waals surface area (Å²) in [5, 5.41) is 4.58. The molecule has 0 saturated heterocycles. The van der Waals surface area contributed by atoms with Gasteiger partial charge in [-0.05, 0) is 55.3 Å². The third-order valence-electron chi connectivity index (χ3n) is 3.96. The summed E-state index contributed by atoms with van der Waals surface area (Å²) in [4.78, 5) is 12.6. The van der Waals surface area contributed by atoms with E-state index in [4.69, 9.17) is 4.74 Å². The molecule has 1 aromatic heterocycles. The molecule has 3 aromatic rings. The highest BCUT2D eigenvalue weighted by atomic mass is 19.1. The molecule has 1 fully saturated rings. The lowest BCUT2D eigenvalue weighted by atomic mass is 10.2. The van der Waals surface area contributed by atoms with E-state index >= 15 is 0 Å². The first-order valence-electron chi connectivity index (χ1n) is 7.84. The molecule has 0 radical (unpaired) electrons. The smallest absolute Gasteiger partial charge is 0.362 e. The molecule has 1 heterocycles. The first kappa shape index (κ1) is 14.6. The van der Waals surface area contributed by atoms with Crippen molar-refractivity contribution in [2.45, 2.75) is 18.8 Å². The minimum Gasteiger partial charge on any atom is -0.422 e. The lowest BCUT2D eigenvalue weighted by Crippen LogP contribution is -2.14. The van der Waals surface area contributed by atoms with Crippen molar-refractivity contribution in [3.8, 4) is 11.4 Å². The topological polar surface area (TPSA) is 44.1 Å². The second-order valence-corrected chi connectivity index (χ2v) is 5.82. The fourth-order valence-electron chi connectivity index (χ4n) is 2.55. The molecular formula is C19H15FN2O2. The van der Waals surface area contributed by atoms with Crippen LogP contribution in [0.2, 0.25) is 0 Å². The summed E-state index contributed by atoms with van der Waals surface area (Å²) >= 11 is 0. The molecule has 0 amide bonds. The molecule has 0 aliphatic heterocycles. The van der Waals surface area contributed by atoms with Crippen LogP contribution < -0.4 is 4.74 Å². The van der Waals surface area contributed by atoms with Gasteiger partial charge in [0.15, 0.2) is 5.69 Å². The van der Waals surface area contributed by atoms with Crippen molar-refractivity contribution in [2.24, 2.45) is 0 Å². The normalized spacial score (nSPS) is 13.7. The maximum Gasteiger partial charge on any atom is 0.362 e. The van der Waals surface area contributed by atoms with Gasteiger partial charge >= 0.3 is 5.97 Å². The minimum absolute atomic E-state index is 0.301. The number of carbonyl (C=O) groups is 1. The number of hydrogen-bond acceptors (Lipinski definition) is 3. The predicted molar refractivity (Wildman–Crippen MR) is 86.9 cm³/mol. The van der Waals surface area contributed by atoms with Crippen LogP contribution in [0.4, 0.5) is 4.39 Å². The average Bonchev–Trinajstić information content (AvgIpc) is 3.36. The van der Waals surface area contributed by atoms with Gasteiger partial charge in [0.25, 0.3) is 0 Å². The van der Waals surface area contributed by atoms with Crippen LogP contribution in [0.3, 0.4) is 0 Å². The number of carbonyl (C=O) groups excluding carboxylic acids is 1. The van der Waals surface area contributed by atoms with E-state index in [1.165, 1.54) is 24.3 Å². The van der Waals surface area contributed by atoms with E-state index in [2.05, 4.69) is 5.10 Å². The molecular weight excluding hydrogens is 307 g/mol. The number of ether oxygens (including phenoxy) is 1. The summed E-state index contributed by atoms with van der Waals surface area (Å²) in [7, 11) is 0. The summed E-state index contributed by atoms with van der Waals surface area (Å²) in [6, 6.07) is 16.6. The van der Waals surface area contributed by atoms with Crippen molar-refractivity contribution in [1.82, 2.24) is 9.78 Å². The first-order valence-corrected chi connectivity index (χ1v) is 7.84. The van der Waals surface area contributed by atoms with Crippen LogP contribution in [0.15, 0.2) is 60.7 Å². The molecule has 4 rings (SSSR count). The van der Waals surface area contributed by atoms with E-state index in [0.29, 0.717) is 17.4 Å². The van der Waals surface area contributed by atoms with Crippen LogP contribution in [0.25, 0.3) is 5.69 Å². The Morgan fingerprint density at radius 1 is 1.08 bits per heavy atom. The number of rotatable bonds is 4. The van der Waals surface area contributed by atoms with E-state index in [9.17, 15) is 9.18 Å². The Balaban J connectivity index is 1.68. The van der Waals surface area contributed by atoms with Gasteiger partial charge < -0.3 is 4.74 Å². The van der Waals surface area contributed by atoms with Crippen LogP contribution in [0.1, 0.15) is 34.9 Å². The fourth-order valence-corrected chi connectivity index (χ4v) is 2.55. The molecule has 0 bridgehead atoms. The molecule has 0 atom stereocenters. The van der Waals surface area contributed by atoms with Gasteiger partial charge in [0.1, 0.15) is 11.6 Å². The van der Waals surface area contributed by atoms with Gasteiger partial charge in [-0.3, -0.25) is 0 Å². The second kappa shape index (κ2) is 5.92. The summed E-state index contributed by atoms with van der Waals surface area (Å²) in [5.41, 5.74) is 2.08. The Morgan fingerprint density at radius 2 is 1.79 bits per heavy atom. The maximum absolute atomic E-state index is 13.0. The predicted octanol–water partition coefficient (Wildman–Crippen LogP) is 4.11. The SMILES string of the molecule is O=C(Oc1ccc(F)cc1)c1cc(C2CC2)nn1-c1ccccc1. The van der Waals surface area contributed by atoms with Crippen molar-refractivity contribution in [2.75, 3.05) is 0 Å². The molecule has 0 unspecified atom stereocenters. The second-order valence-electron chi connectivity index (χ2n) is 5.82. The molecule has 1 aliphatic rings. The number of aromatic nitrogens is 2. The summed E-state index contributed by atoms with van der Waals surface area (Å²) in [6.45, 7) is 0. The summed E-state index contributed by atoms with van der Waals surface area (Å²) < 4.78 is 20.0. The molecule has 0 N–H and O–H groups in total. The van der Waals surface area contributed by atoms with Crippen LogP contribution >= 0.6 is 0 Å². The highest BCUT2D eigenvalue weighted by molar-refractivity contribution is 5.90. The quantitative estimate of drug-likeness (QED) is 0.536. The van der Waals surface area contributed by atoms with Gasteiger partial charge in [0.05, 0.1) is 11.4 Å². The lowest BCUT2D eigenvalue weighted by Gasteiger charge is -2.07. The van der Waals surface area contributed by atoms with Crippen molar-refractivity contribution >= 4 is 5.97 Å². The van der Waals surface area contributed by atoms with Crippen molar-refractivity contribution < 1.29 is 13.9 Å². The van der Waals surface area contributed by atoms with E-state index in [1.807, 2.05) is 30.3 Å². The summed E-state index contributed by atoms with van der Waals surface area (Å²) in [5.74, 6) is -0.160. The monoisotopic (exact) mass is 322 g/mol. The van der Waals surface area contributed by atoms with Gasteiger partial charge in [-0.1, -0.05) is 18.2 Å². The van der Waals surface area contributed by atoms with Gasteiger partial charge in [-0.25, -0.2) is 13.9 Å². The van der Waals surface area contributed by atoms with Gasteiger partial charge in [0, 0.05) is 5.92 Å².